The molecule has 1 fully saturated rings. The van der Waals surface area contributed by atoms with Crippen LogP contribution in [0.5, 0.6) is 0 Å². The highest BCUT2D eigenvalue weighted by Gasteiger charge is 2.50. The van der Waals surface area contributed by atoms with Crippen molar-refractivity contribution in [1.82, 2.24) is 5.32 Å². The lowest BCUT2D eigenvalue weighted by atomic mass is 9.87. The third-order valence-electron chi connectivity index (χ3n) is 9.14. The van der Waals surface area contributed by atoms with Crippen LogP contribution in [0.15, 0.2) is 42.5 Å². The van der Waals surface area contributed by atoms with Crippen molar-refractivity contribution in [3.63, 3.8) is 0 Å². The third-order valence-corrected chi connectivity index (χ3v) is 9.14. The maximum Gasteiger partial charge on any atom is 0.411 e. The Balaban J connectivity index is 0.00000135. The quantitative estimate of drug-likeness (QED) is 0.171. The zero-order valence-corrected chi connectivity index (χ0v) is 25.4. The minimum atomic E-state index is -0.500. The number of hydrogen-bond acceptors (Lipinski definition) is 7. The van der Waals surface area contributed by atoms with Crippen molar-refractivity contribution < 1.29 is 33.1 Å². The summed E-state index contributed by atoms with van der Waals surface area (Å²) in [5, 5.41) is 11.2. The molecule has 0 aromatic heterocycles. The van der Waals surface area contributed by atoms with E-state index in [1.54, 1.807) is 12.1 Å². The number of benzene rings is 2. The van der Waals surface area contributed by atoms with Gasteiger partial charge in [-0.15, -0.1) is 0 Å². The number of nitrogens with zero attached hydrogens (tertiary/aromatic N) is 3. The molecule has 0 bridgehead atoms. The fourth-order valence-electron chi connectivity index (χ4n) is 6.94. The van der Waals surface area contributed by atoms with Crippen LogP contribution in [0.4, 0.5) is 20.6 Å². The van der Waals surface area contributed by atoms with E-state index < -0.39 is 6.47 Å². The second-order valence-electron chi connectivity index (χ2n) is 11.9. The largest absolute Gasteiger partial charge is 0.554 e. The Morgan fingerprint density at radius 2 is 1.88 bits per heavy atom. The average molecular weight is 597 g/mol. The molecule has 1 saturated heterocycles. The van der Waals surface area contributed by atoms with Crippen LogP contribution < -0.4 is 20.2 Å². The number of carbonyl (C=O) groups is 3. The van der Waals surface area contributed by atoms with Crippen molar-refractivity contribution in [2.45, 2.75) is 63.8 Å². The van der Waals surface area contributed by atoms with Crippen LogP contribution >= 0.6 is 0 Å². The molecule has 43 heavy (non-hydrogen) atoms. The van der Waals surface area contributed by atoms with Crippen LogP contribution in [0.2, 0.25) is 0 Å². The number of nitrogens with one attached hydrogen (secondary N) is 1. The summed E-state index contributed by atoms with van der Waals surface area (Å²) in [5.74, 6) is 0.0485. The molecule has 0 spiro atoms. The lowest BCUT2D eigenvalue weighted by Gasteiger charge is -2.47. The van der Waals surface area contributed by atoms with Crippen LogP contribution in [0.1, 0.15) is 73.7 Å². The molecule has 5 rings (SSSR count). The Labute approximate surface area is 254 Å². The van der Waals surface area contributed by atoms with Crippen LogP contribution in [0.3, 0.4) is 0 Å². The predicted molar refractivity (Wildman–Crippen MR) is 163 cm³/mol. The number of ether oxygens (including phenoxy) is 1. The average Bonchev–Trinajstić information content (AvgIpc) is 3.32. The zero-order chi connectivity index (χ0) is 30.8. The molecule has 10 heteroatoms. The highest BCUT2D eigenvalue weighted by molar-refractivity contribution is 5.95. The topological polar surface area (TPSA) is 102 Å². The number of rotatable bonds is 12. The van der Waals surface area contributed by atoms with Crippen LogP contribution in [0.25, 0.3) is 0 Å². The van der Waals surface area contributed by atoms with E-state index in [0.717, 1.165) is 58.4 Å². The molecule has 3 heterocycles. The minimum Gasteiger partial charge on any atom is -0.554 e. The van der Waals surface area contributed by atoms with Gasteiger partial charge in [-0.25, -0.2) is 9.18 Å². The van der Waals surface area contributed by atoms with Gasteiger partial charge in [0.1, 0.15) is 5.82 Å². The predicted octanol–water partition coefficient (Wildman–Crippen LogP) is 4.06. The van der Waals surface area contributed by atoms with Crippen molar-refractivity contribution in [2.75, 3.05) is 62.8 Å². The monoisotopic (exact) mass is 596 g/mol. The summed E-state index contributed by atoms with van der Waals surface area (Å²) >= 11 is 0. The Morgan fingerprint density at radius 1 is 1.12 bits per heavy atom. The van der Waals surface area contributed by atoms with Gasteiger partial charge >= 0.3 is 6.09 Å². The van der Waals surface area contributed by atoms with Gasteiger partial charge in [-0.05, 0) is 42.3 Å². The minimum absolute atomic E-state index is 0.0229. The zero-order valence-electron chi connectivity index (χ0n) is 25.4. The van der Waals surface area contributed by atoms with Crippen LogP contribution in [-0.2, 0) is 9.53 Å². The number of amides is 1. The highest BCUT2D eigenvalue weighted by Crippen LogP contribution is 2.51. The molecule has 2 aromatic carbocycles. The second kappa shape index (κ2) is 15.2. The Kier molecular flexibility index (Phi) is 11.4. The molecule has 2 aromatic rings. The summed E-state index contributed by atoms with van der Waals surface area (Å²) in [4.78, 5) is 38.7. The van der Waals surface area contributed by atoms with Gasteiger partial charge in [-0.1, -0.05) is 38.3 Å². The van der Waals surface area contributed by atoms with Gasteiger partial charge in [0.2, 0.25) is 6.73 Å². The first-order chi connectivity index (χ1) is 20.8. The second-order valence-corrected chi connectivity index (χ2v) is 11.9. The summed E-state index contributed by atoms with van der Waals surface area (Å²) in [7, 11) is 2.17. The standard InChI is InChI=1S/C32H43FN4O3.CH2O2/c1-3-4-5-6-17-34-32(39)40-23-37(20-8-11-30(38)24-12-14-25(33)15-13-24)21-16-28-27(22-37)26-9-7-10-29-31(26)36(28)19-18-35(29)2;2-1-3/h7,9-10,12-15,27-28H,3-6,8,11,16-23H2,1-2H3;1H,(H,2,3)/t27-,28?,37?;/m0./s1. The summed E-state index contributed by atoms with van der Waals surface area (Å²) < 4.78 is 19.9. The van der Waals surface area contributed by atoms with Gasteiger partial charge in [0.15, 0.2) is 5.78 Å². The number of piperidine rings is 1. The number of anilines is 2. The lowest BCUT2D eigenvalue weighted by Crippen LogP contribution is -2.60. The number of halogens is 1. The molecule has 234 valence electrons. The van der Waals surface area contributed by atoms with Gasteiger partial charge in [0, 0.05) is 64.0 Å². The number of carbonyl (C=O) groups excluding carboxylic acids is 3. The van der Waals surface area contributed by atoms with Gasteiger partial charge < -0.3 is 29.8 Å². The number of Topliss-reactive ketones (excluding diaryl/α,β-unsaturated/α-hetero) is 1. The van der Waals surface area contributed by atoms with E-state index in [1.807, 2.05) is 0 Å². The Bertz CT molecular complexity index is 1240. The maximum atomic E-state index is 13.3. The fraction of sp³-hybridized carbons (Fsp3) is 0.545. The smallest absolute Gasteiger partial charge is 0.411 e. The molecule has 0 saturated carbocycles. The molecule has 3 aliphatic heterocycles. The first-order valence-electron chi connectivity index (χ1n) is 15.5. The molecule has 1 amide bonds. The highest BCUT2D eigenvalue weighted by atomic mass is 19.1. The molecule has 2 unspecified atom stereocenters. The number of alkyl carbamates (subject to hydrolysis) is 1. The van der Waals surface area contributed by atoms with Gasteiger partial charge in [-0.2, -0.15) is 0 Å². The van der Waals surface area contributed by atoms with E-state index in [-0.39, 0.29) is 17.7 Å². The van der Waals surface area contributed by atoms with E-state index >= 15 is 0 Å². The number of quaternary nitrogens is 1. The van der Waals surface area contributed by atoms with Crippen molar-refractivity contribution >= 4 is 29.7 Å². The van der Waals surface area contributed by atoms with Crippen LogP contribution in [0, 0.1) is 5.82 Å². The molecule has 1 N–H and O–H groups in total. The molecule has 3 aliphatic rings. The summed E-state index contributed by atoms with van der Waals surface area (Å²) in [5.41, 5.74) is 4.63. The van der Waals surface area contributed by atoms with Crippen LogP contribution in [-0.4, -0.2) is 81.9 Å². The first kappa shape index (κ1) is 32.3. The lowest BCUT2D eigenvalue weighted by molar-refractivity contribution is -0.949. The third kappa shape index (κ3) is 7.84. The van der Waals surface area contributed by atoms with Crippen molar-refractivity contribution in [2.24, 2.45) is 0 Å². The number of hydrogen-bond donors (Lipinski definition) is 1. The maximum absolute atomic E-state index is 13.3. The molecule has 0 radical (unpaired) electrons. The molecular formula is C33H45FN4O5. The van der Waals surface area contributed by atoms with E-state index in [4.69, 9.17) is 14.6 Å². The van der Waals surface area contributed by atoms with Crippen molar-refractivity contribution in [3.05, 3.63) is 59.4 Å². The number of likely N-dealkylation sites (N-methyl/N-ethyl adjacent to an activating group) is 1. The number of ketones is 1. The van der Waals surface area contributed by atoms with E-state index in [0.29, 0.717) is 48.1 Å². The Morgan fingerprint density at radius 3 is 2.63 bits per heavy atom. The summed E-state index contributed by atoms with van der Waals surface area (Å²) in [6, 6.07) is 12.9. The number of para-hydroxylation sites is 1. The molecule has 9 nitrogen and oxygen atoms in total. The van der Waals surface area contributed by atoms with Crippen molar-refractivity contribution in [1.29, 1.82) is 0 Å². The van der Waals surface area contributed by atoms with Gasteiger partial charge in [0.05, 0.1) is 36.9 Å². The molecule has 0 aliphatic carbocycles. The van der Waals surface area contributed by atoms with E-state index in [1.165, 1.54) is 35.5 Å². The summed E-state index contributed by atoms with van der Waals surface area (Å²) in [6.45, 7) is 7.22. The number of unbranched alkanes of at least 4 members (excludes halogenated alkanes) is 3. The number of likely N-dealkylation sites (tertiary alicyclic amines) is 1. The number of carboxylic acid groups (broad SMARTS) is 1. The van der Waals surface area contributed by atoms with Crippen molar-refractivity contribution in [3.8, 4) is 0 Å². The first-order valence-corrected chi connectivity index (χ1v) is 15.5. The van der Waals surface area contributed by atoms with Gasteiger partial charge in [-0.3, -0.25) is 9.28 Å². The van der Waals surface area contributed by atoms with E-state index in [9.17, 15) is 14.0 Å². The summed E-state index contributed by atoms with van der Waals surface area (Å²) in [6.07, 6.45) is 6.15. The normalized spacial score (nSPS) is 21.7. The molecule has 3 atom stereocenters. The molecular weight excluding hydrogens is 551 g/mol. The fourth-order valence-corrected chi connectivity index (χ4v) is 6.94. The van der Waals surface area contributed by atoms with E-state index in [2.05, 4.69) is 47.3 Å². The SMILES string of the molecule is CCCCCCNC(=O)OC[N+]1(CCCC(=O)c2ccc(F)cc2)CCC2[C@@H](C1)c1cccc3c1N2CCN3C.O=C[O-]. The number of fused-ring (bicyclic) bond motifs is 3. The van der Waals surface area contributed by atoms with Gasteiger partial charge in [0.25, 0.3) is 0 Å². The Hall–Kier alpha value is -3.66.